The van der Waals surface area contributed by atoms with Crippen molar-refractivity contribution < 1.29 is 15.0 Å². The average molecular weight is 173 g/mol. The lowest BCUT2D eigenvalue weighted by atomic mass is 9.98. The van der Waals surface area contributed by atoms with Gasteiger partial charge in [-0.15, -0.1) is 0 Å². The molecule has 0 aromatic carbocycles. The monoisotopic (exact) mass is 173 g/mol. The highest BCUT2D eigenvalue weighted by molar-refractivity contribution is 5.76. The van der Waals surface area contributed by atoms with Crippen molar-refractivity contribution in [3.05, 3.63) is 0 Å². The van der Waals surface area contributed by atoms with E-state index in [-0.39, 0.29) is 6.54 Å². The summed E-state index contributed by atoms with van der Waals surface area (Å²) in [5.74, 6) is -0.517. The van der Waals surface area contributed by atoms with E-state index in [2.05, 4.69) is 6.92 Å². The number of β-amino-alcohol motifs (C(OH)–C–C–N with tert-alkyl or cyclic N) is 1. The molecule has 1 aliphatic rings. The van der Waals surface area contributed by atoms with Crippen LogP contribution in [-0.4, -0.2) is 46.3 Å². The molecule has 1 atom stereocenters. The first-order valence-electron chi connectivity index (χ1n) is 4.10. The molecular weight excluding hydrogens is 158 g/mol. The van der Waals surface area contributed by atoms with Crippen molar-refractivity contribution in [1.29, 1.82) is 0 Å². The van der Waals surface area contributed by atoms with Crippen LogP contribution in [0.1, 0.15) is 13.8 Å². The Kier molecular flexibility index (Phi) is 2.39. The molecule has 4 nitrogen and oxygen atoms in total. The lowest BCUT2D eigenvalue weighted by Crippen LogP contribution is -2.54. The summed E-state index contributed by atoms with van der Waals surface area (Å²) in [5.41, 5.74) is -1.60. The van der Waals surface area contributed by atoms with E-state index in [0.717, 1.165) is 13.1 Å². The van der Waals surface area contributed by atoms with Crippen molar-refractivity contribution in [1.82, 2.24) is 4.90 Å². The molecule has 0 spiro atoms. The Labute approximate surface area is 71.8 Å². The highest BCUT2D eigenvalue weighted by Crippen LogP contribution is 2.17. The van der Waals surface area contributed by atoms with Gasteiger partial charge in [-0.1, -0.05) is 6.92 Å². The van der Waals surface area contributed by atoms with Gasteiger partial charge in [0.15, 0.2) is 5.60 Å². The zero-order valence-corrected chi connectivity index (χ0v) is 7.45. The summed E-state index contributed by atoms with van der Waals surface area (Å²) in [6, 6.07) is 0. The fraction of sp³-hybridized carbons (Fsp3) is 0.875. The second-order valence-corrected chi connectivity index (χ2v) is 3.88. The van der Waals surface area contributed by atoms with Gasteiger partial charge in [0.25, 0.3) is 0 Å². The number of hydrogen-bond donors (Lipinski definition) is 2. The molecule has 0 radical (unpaired) electrons. The first-order chi connectivity index (χ1) is 5.42. The summed E-state index contributed by atoms with van der Waals surface area (Å²) in [7, 11) is 0. The SMILES string of the molecule is CC1CN(CC(C)(O)C(=O)O)C1. The molecule has 12 heavy (non-hydrogen) atoms. The summed E-state index contributed by atoms with van der Waals surface area (Å²) in [6.07, 6.45) is 0. The maximum absolute atomic E-state index is 10.5. The van der Waals surface area contributed by atoms with E-state index in [9.17, 15) is 9.90 Å². The Balaban J connectivity index is 2.35. The summed E-state index contributed by atoms with van der Waals surface area (Å²) in [6.45, 7) is 5.45. The largest absolute Gasteiger partial charge is 0.479 e. The fourth-order valence-electron chi connectivity index (χ4n) is 1.46. The fourth-order valence-corrected chi connectivity index (χ4v) is 1.46. The van der Waals surface area contributed by atoms with Gasteiger partial charge in [0, 0.05) is 19.6 Å². The van der Waals surface area contributed by atoms with Gasteiger partial charge in [0.1, 0.15) is 0 Å². The van der Waals surface area contributed by atoms with Crippen LogP contribution in [-0.2, 0) is 4.79 Å². The van der Waals surface area contributed by atoms with E-state index in [1.165, 1.54) is 6.92 Å². The molecule has 0 amide bonds. The quantitative estimate of drug-likeness (QED) is 0.619. The van der Waals surface area contributed by atoms with E-state index < -0.39 is 11.6 Å². The van der Waals surface area contributed by atoms with Crippen molar-refractivity contribution in [2.45, 2.75) is 19.4 Å². The highest BCUT2D eigenvalue weighted by Gasteiger charge is 2.35. The van der Waals surface area contributed by atoms with E-state index >= 15 is 0 Å². The zero-order valence-electron chi connectivity index (χ0n) is 7.45. The van der Waals surface area contributed by atoms with Crippen LogP contribution in [0.25, 0.3) is 0 Å². The number of carboxylic acid groups (broad SMARTS) is 1. The molecule has 1 saturated heterocycles. The minimum atomic E-state index is -1.60. The van der Waals surface area contributed by atoms with Crippen LogP contribution in [0, 0.1) is 5.92 Å². The van der Waals surface area contributed by atoms with Crippen LogP contribution in [0.15, 0.2) is 0 Å². The number of nitrogens with zero attached hydrogens (tertiary/aromatic N) is 1. The standard InChI is InChI=1S/C8H15NO3/c1-6-3-9(4-6)5-8(2,12)7(10)11/h6,12H,3-5H2,1-2H3,(H,10,11). The van der Waals surface area contributed by atoms with Gasteiger partial charge in [0.05, 0.1) is 0 Å². The van der Waals surface area contributed by atoms with E-state index in [4.69, 9.17) is 5.11 Å². The Hall–Kier alpha value is -0.610. The molecule has 0 aliphatic carbocycles. The molecule has 4 heteroatoms. The molecule has 2 N–H and O–H groups in total. The van der Waals surface area contributed by atoms with E-state index in [0.29, 0.717) is 5.92 Å². The third-order valence-corrected chi connectivity index (χ3v) is 2.13. The van der Waals surface area contributed by atoms with Crippen LogP contribution in [0.5, 0.6) is 0 Å². The lowest BCUT2D eigenvalue weighted by molar-refractivity contribution is -0.160. The maximum Gasteiger partial charge on any atom is 0.336 e. The topological polar surface area (TPSA) is 60.8 Å². The van der Waals surface area contributed by atoms with Crippen LogP contribution in [0.2, 0.25) is 0 Å². The van der Waals surface area contributed by atoms with Crippen LogP contribution < -0.4 is 0 Å². The van der Waals surface area contributed by atoms with Gasteiger partial charge in [-0.3, -0.25) is 4.90 Å². The second-order valence-electron chi connectivity index (χ2n) is 3.88. The van der Waals surface area contributed by atoms with Crippen LogP contribution in [0.4, 0.5) is 0 Å². The Morgan fingerprint density at radius 1 is 1.67 bits per heavy atom. The number of hydrogen-bond acceptors (Lipinski definition) is 3. The predicted molar refractivity (Wildman–Crippen MR) is 43.9 cm³/mol. The van der Waals surface area contributed by atoms with E-state index in [1.807, 2.05) is 4.90 Å². The Bertz CT molecular complexity index is 185. The summed E-state index contributed by atoms with van der Waals surface area (Å²) >= 11 is 0. The molecule has 0 saturated carbocycles. The predicted octanol–water partition coefficient (Wildman–Crippen LogP) is -0.226. The molecule has 0 aromatic heterocycles. The van der Waals surface area contributed by atoms with Crippen molar-refractivity contribution in [3.8, 4) is 0 Å². The van der Waals surface area contributed by atoms with Crippen molar-refractivity contribution >= 4 is 5.97 Å². The first kappa shape index (κ1) is 9.48. The minimum Gasteiger partial charge on any atom is -0.479 e. The van der Waals surface area contributed by atoms with Gasteiger partial charge in [0.2, 0.25) is 0 Å². The number of likely N-dealkylation sites (tertiary alicyclic amines) is 1. The number of aliphatic carboxylic acids is 1. The summed E-state index contributed by atoms with van der Waals surface area (Å²) in [5, 5.41) is 18.0. The van der Waals surface area contributed by atoms with Crippen molar-refractivity contribution in [3.63, 3.8) is 0 Å². The molecule has 1 aliphatic heterocycles. The number of rotatable bonds is 3. The molecule has 1 fully saturated rings. The average Bonchev–Trinajstić information content (AvgIpc) is 1.83. The lowest BCUT2D eigenvalue weighted by Gasteiger charge is -2.40. The summed E-state index contributed by atoms with van der Waals surface area (Å²) < 4.78 is 0. The molecule has 1 rings (SSSR count). The Morgan fingerprint density at radius 2 is 2.17 bits per heavy atom. The number of carbonyl (C=O) groups is 1. The third kappa shape index (κ3) is 1.95. The number of aliphatic hydroxyl groups is 1. The smallest absolute Gasteiger partial charge is 0.336 e. The molecular formula is C8H15NO3. The molecule has 1 heterocycles. The maximum atomic E-state index is 10.5. The molecule has 1 unspecified atom stereocenters. The summed E-state index contributed by atoms with van der Waals surface area (Å²) in [4.78, 5) is 12.4. The van der Waals surface area contributed by atoms with Gasteiger partial charge < -0.3 is 10.2 Å². The van der Waals surface area contributed by atoms with Gasteiger partial charge in [-0.2, -0.15) is 0 Å². The number of carboxylic acids is 1. The first-order valence-corrected chi connectivity index (χ1v) is 4.10. The molecule has 0 aromatic rings. The van der Waals surface area contributed by atoms with Crippen LogP contribution >= 0.6 is 0 Å². The second kappa shape index (κ2) is 3.03. The van der Waals surface area contributed by atoms with Crippen molar-refractivity contribution in [2.75, 3.05) is 19.6 Å². The molecule has 70 valence electrons. The zero-order chi connectivity index (χ0) is 9.35. The van der Waals surface area contributed by atoms with Crippen molar-refractivity contribution in [2.24, 2.45) is 5.92 Å². The van der Waals surface area contributed by atoms with Gasteiger partial charge in [-0.05, 0) is 12.8 Å². The van der Waals surface area contributed by atoms with E-state index in [1.54, 1.807) is 0 Å². The third-order valence-electron chi connectivity index (χ3n) is 2.13. The van der Waals surface area contributed by atoms with Gasteiger partial charge >= 0.3 is 5.97 Å². The minimum absolute atomic E-state index is 0.229. The Morgan fingerprint density at radius 3 is 2.50 bits per heavy atom. The van der Waals surface area contributed by atoms with Crippen LogP contribution in [0.3, 0.4) is 0 Å². The normalized spacial score (nSPS) is 24.6. The molecule has 0 bridgehead atoms. The highest BCUT2D eigenvalue weighted by atomic mass is 16.4. The van der Waals surface area contributed by atoms with Gasteiger partial charge in [-0.25, -0.2) is 4.79 Å².